The highest BCUT2D eigenvalue weighted by molar-refractivity contribution is 5.98. The van der Waals surface area contributed by atoms with E-state index in [9.17, 15) is 29.4 Å². The first-order valence-electron chi connectivity index (χ1n) is 19.1. The van der Waals surface area contributed by atoms with Gasteiger partial charge in [-0.1, -0.05) is 24.8 Å². The zero-order chi connectivity index (χ0) is 41.9. The molecule has 58 heavy (non-hydrogen) atoms. The van der Waals surface area contributed by atoms with Gasteiger partial charge in [0, 0.05) is 63.3 Å². The fraction of sp³-hybridized carbons (Fsp3) is 0.364. The van der Waals surface area contributed by atoms with Gasteiger partial charge >= 0.3 is 23.9 Å². The van der Waals surface area contributed by atoms with Crippen molar-refractivity contribution in [1.82, 2.24) is 20.3 Å². The number of methoxy groups -OCH3 is 2. The molecule has 0 spiro atoms. The molecule has 5 heterocycles. The summed E-state index contributed by atoms with van der Waals surface area (Å²) in [6.45, 7) is 11.1. The monoisotopic (exact) mass is 794 g/mol. The maximum absolute atomic E-state index is 13.8. The first kappa shape index (κ1) is 41.5. The van der Waals surface area contributed by atoms with Gasteiger partial charge in [-0.15, -0.1) is 0 Å². The third kappa shape index (κ3) is 7.64. The molecule has 6 N–H and O–H groups in total. The number of nitrogens with one attached hydrogen (secondary N) is 4. The third-order valence-corrected chi connectivity index (χ3v) is 11.3. The number of aliphatic hydroxyl groups is 2. The quantitative estimate of drug-likeness (QED) is 0.110. The number of ether oxygens (including phenoxy) is 4. The predicted molar refractivity (Wildman–Crippen MR) is 217 cm³/mol. The average Bonchev–Trinajstić information content (AvgIpc) is 3.87. The van der Waals surface area contributed by atoms with Crippen LogP contribution in [0.2, 0.25) is 0 Å². The molecule has 2 unspecified atom stereocenters. The summed E-state index contributed by atoms with van der Waals surface area (Å²) in [5.74, 6) is -3.25. The molecule has 0 amide bonds. The number of fused-ring (bicyclic) bond motifs is 11. The highest BCUT2D eigenvalue weighted by atomic mass is 16.5. The Morgan fingerprint density at radius 3 is 2.00 bits per heavy atom. The molecular weight excluding hydrogens is 745 g/mol. The Balaban J connectivity index is 1.66. The Hall–Kier alpha value is -6.12. The molecule has 3 aromatic heterocycles. The van der Waals surface area contributed by atoms with Crippen molar-refractivity contribution in [2.24, 2.45) is 11.3 Å². The zero-order valence-electron chi connectivity index (χ0n) is 33.6. The smallest absolute Gasteiger partial charge is 0.334 e. The van der Waals surface area contributed by atoms with Crippen molar-refractivity contribution in [3.8, 4) is 0 Å². The van der Waals surface area contributed by atoms with Gasteiger partial charge in [0.2, 0.25) is 0 Å². The number of hydrogen-bond donors (Lipinski definition) is 6. The van der Waals surface area contributed by atoms with Crippen LogP contribution in [0.3, 0.4) is 0 Å². The van der Waals surface area contributed by atoms with Gasteiger partial charge in [-0.25, -0.2) is 4.79 Å². The SMILES string of the molecule is C=Cc1c2[nH]c(c1C)C=C1NC(=Cc3[nH]c(c(CCC(=O)OCCO)c3C)C=c3[nH]c(c(C)c3CCC(=O)OCCO)=C2)C2(C)C1=CC=C(C(=O)OC)C2C(=O)OC. The first-order valence-corrected chi connectivity index (χ1v) is 19.1. The summed E-state index contributed by atoms with van der Waals surface area (Å²) in [5, 5.41) is 23.5. The molecule has 6 rings (SSSR count). The third-order valence-electron chi connectivity index (χ3n) is 11.3. The standard InChI is InChI=1S/C44H50N4O10/c1-8-26-23(2)32-20-37-30-12-9-29(42(53)55-6)41(43(54)56-7)44(30,5)38(48-37)22-33-25(4)28(11-14-40(52)58-18-16-50)36(47-33)21-35-27(10-13-39(51)57-17-15-49)24(3)31(46-35)19-34(26)45-32/h8-9,12,19-22,41,45-50H,1,10-11,13-18H2,2-7H3. The van der Waals surface area contributed by atoms with Crippen molar-refractivity contribution < 1.29 is 48.3 Å². The van der Waals surface area contributed by atoms with E-state index in [2.05, 4.69) is 26.8 Å². The minimum atomic E-state index is -1.14. The summed E-state index contributed by atoms with van der Waals surface area (Å²) in [7, 11) is 2.56. The summed E-state index contributed by atoms with van der Waals surface area (Å²) in [4.78, 5) is 63.1. The summed E-state index contributed by atoms with van der Waals surface area (Å²) < 4.78 is 20.8. The van der Waals surface area contributed by atoms with Crippen LogP contribution in [0.5, 0.6) is 0 Å². The molecule has 306 valence electrons. The van der Waals surface area contributed by atoms with Gasteiger partial charge in [0.15, 0.2) is 0 Å². The normalized spacial score (nSPS) is 17.9. The van der Waals surface area contributed by atoms with Gasteiger partial charge in [-0.3, -0.25) is 14.4 Å². The Labute approximate surface area is 335 Å². The molecule has 1 aliphatic carbocycles. The zero-order valence-corrected chi connectivity index (χ0v) is 33.6. The summed E-state index contributed by atoms with van der Waals surface area (Å²) in [6, 6.07) is 0. The molecule has 3 aromatic rings. The van der Waals surface area contributed by atoms with Crippen LogP contribution in [-0.4, -0.2) is 89.7 Å². The van der Waals surface area contributed by atoms with Crippen molar-refractivity contribution in [2.75, 3.05) is 40.6 Å². The molecule has 8 bridgehead atoms. The number of allylic oxidation sites excluding steroid dienone is 4. The van der Waals surface area contributed by atoms with E-state index in [0.717, 1.165) is 61.0 Å². The van der Waals surface area contributed by atoms with E-state index >= 15 is 0 Å². The maximum atomic E-state index is 13.8. The lowest BCUT2D eigenvalue weighted by atomic mass is 9.64. The van der Waals surface area contributed by atoms with E-state index in [4.69, 9.17) is 18.9 Å². The number of H-pyrrole nitrogens is 3. The summed E-state index contributed by atoms with van der Waals surface area (Å²) in [6.07, 6.45) is 13.8. The van der Waals surface area contributed by atoms with E-state index in [-0.39, 0.29) is 51.3 Å². The van der Waals surface area contributed by atoms with Crippen LogP contribution in [0.4, 0.5) is 0 Å². The number of carbonyl (C=O) groups is 4. The second-order valence-electron chi connectivity index (χ2n) is 14.6. The molecule has 2 atom stereocenters. The van der Waals surface area contributed by atoms with E-state index < -0.39 is 35.2 Å². The van der Waals surface area contributed by atoms with Gasteiger partial charge < -0.3 is 49.4 Å². The molecule has 0 radical (unpaired) electrons. The number of aromatic nitrogens is 3. The number of esters is 4. The molecule has 14 heteroatoms. The van der Waals surface area contributed by atoms with Gasteiger partial charge in [0.25, 0.3) is 0 Å². The lowest BCUT2D eigenvalue weighted by Crippen LogP contribution is -2.40. The number of hydrogen-bond acceptors (Lipinski definition) is 11. The number of aromatic amines is 3. The maximum Gasteiger partial charge on any atom is 0.334 e. The van der Waals surface area contributed by atoms with Crippen molar-refractivity contribution >= 4 is 54.3 Å². The lowest BCUT2D eigenvalue weighted by Gasteiger charge is -2.36. The molecule has 2 aliphatic heterocycles. The van der Waals surface area contributed by atoms with E-state index in [1.54, 1.807) is 12.2 Å². The van der Waals surface area contributed by atoms with Crippen molar-refractivity contribution in [1.29, 1.82) is 0 Å². The Morgan fingerprint density at radius 1 is 0.759 bits per heavy atom. The number of rotatable bonds is 13. The highest BCUT2D eigenvalue weighted by Gasteiger charge is 2.55. The average molecular weight is 795 g/mol. The highest BCUT2D eigenvalue weighted by Crippen LogP contribution is 2.55. The number of aliphatic hydroxyl groups excluding tert-OH is 2. The predicted octanol–water partition coefficient (Wildman–Crippen LogP) is 2.97. The molecule has 0 aromatic carbocycles. The Bertz CT molecular complexity index is 2430. The van der Waals surface area contributed by atoms with Gasteiger partial charge in [-0.2, -0.15) is 0 Å². The molecular formula is C44H50N4O10. The molecule has 14 nitrogen and oxygen atoms in total. The largest absolute Gasteiger partial charge is 0.469 e. The lowest BCUT2D eigenvalue weighted by molar-refractivity contribution is -0.150. The second-order valence-corrected chi connectivity index (χ2v) is 14.6. The second kappa shape index (κ2) is 17.2. The van der Waals surface area contributed by atoms with Gasteiger partial charge in [0.05, 0.1) is 38.4 Å². The van der Waals surface area contributed by atoms with E-state index in [1.807, 2.05) is 58.1 Å². The first-order chi connectivity index (χ1) is 27.8. The van der Waals surface area contributed by atoms with Crippen LogP contribution < -0.4 is 16.0 Å². The van der Waals surface area contributed by atoms with Gasteiger partial charge in [-0.05, 0) is 98.2 Å². The van der Waals surface area contributed by atoms with Crippen molar-refractivity contribution in [3.63, 3.8) is 0 Å². The fourth-order valence-corrected chi connectivity index (χ4v) is 8.21. The van der Waals surface area contributed by atoms with E-state index in [0.29, 0.717) is 29.2 Å². The Morgan fingerprint density at radius 2 is 1.38 bits per heavy atom. The minimum Gasteiger partial charge on any atom is -0.469 e. The van der Waals surface area contributed by atoms with Crippen LogP contribution >= 0.6 is 0 Å². The fourth-order valence-electron chi connectivity index (χ4n) is 8.21. The number of carbonyl (C=O) groups excluding carboxylic acids is 4. The topological polar surface area (TPSA) is 205 Å². The van der Waals surface area contributed by atoms with Crippen molar-refractivity contribution in [2.45, 2.75) is 53.4 Å². The molecule has 1 saturated heterocycles. The van der Waals surface area contributed by atoms with Crippen LogP contribution in [0, 0.1) is 32.1 Å². The Kier molecular flexibility index (Phi) is 12.3. The summed E-state index contributed by atoms with van der Waals surface area (Å²) >= 11 is 0. The van der Waals surface area contributed by atoms with Crippen LogP contribution in [0.15, 0.2) is 41.3 Å². The van der Waals surface area contributed by atoms with E-state index in [1.165, 1.54) is 14.2 Å². The minimum absolute atomic E-state index is 0.0356. The van der Waals surface area contributed by atoms with Crippen LogP contribution in [-0.2, 0) is 51.0 Å². The molecule has 3 aliphatic rings. The molecule has 0 saturated carbocycles. The van der Waals surface area contributed by atoms with Crippen LogP contribution in [0.25, 0.3) is 30.4 Å². The molecule has 1 fully saturated rings. The van der Waals surface area contributed by atoms with Gasteiger partial charge in [0.1, 0.15) is 19.1 Å². The summed E-state index contributed by atoms with van der Waals surface area (Å²) in [5.41, 5.74) is 9.22. The van der Waals surface area contributed by atoms with Crippen molar-refractivity contribution in [3.05, 3.63) is 108 Å². The van der Waals surface area contributed by atoms with Crippen LogP contribution in [0.1, 0.15) is 75.9 Å².